The Bertz CT molecular complexity index is 459. The van der Waals surface area contributed by atoms with Crippen molar-refractivity contribution in [3.63, 3.8) is 0 Å². The molecule has 2 atom stereocenters. The highest BCUT2D eigenvalue weighted by molar-refractivity contribution is 6.31. The predicted octanol–water partition coefficient (Wildman–Crippen LogP) is 3.16. The first-order chi connectivity index (χ1) is 10.6. The number of hydrogen-bond donors (Lipinski definition) is 1. The van der Waals surface area contributed by atoms with Crippen LogP contribution in [0.1, 0.15) is 32.4 Å². The van der Waals surface area contributed by atoms with E-state index in [9.17, 15) is 4.39 Å². The van der Waals surface area contributed by atoms with E-state index in [2.05, 4.69) is 35.9 Å². The normalized spacial score (nSPS) is 21.3. The Morgan fingerprint density at radius 1 is 1.41 bits per heavy atom. The zero-order valence-corrected chi connectivity index (χ0v) is 14.5. The number of rotatable bonds is 6. The maximum Gasteiger partial charge on any atom is 0.129 e. The van der Waals surface area contributed by atoms with E-state index in [0.717, 1.165) is 39.3 Å². The molecular formula is C17H27ClFN3. The standard InChI is InChI=1S/C17H27ClFN3/c1-4-21(5-2)12-16(22-10-9-20-11-13(22)3)17-14(18)7-6-8-15(17)19/h6-8,13,16,20H,4-5,9-12H2,1-3H3. The molecule has 1 aromatic carbocycles. The molecule has 0 amide bonds. The first-order valence-corrected chi connectivity index (χ1v) is 8.59. The van der Waals surface area contributed by atoms with Crippen LogP contribution in [0.15, 0.2) is 18.2 Å². The van der Waals surface area contributed by atoms with Gasteiger partial charge < -0.3 is 10.2 Å². The quantitative estimate of drug-likeness (QED) is 0.866. The van der Waals surface area contributed by atoms with Crippen molar-refractivity contribution in [2.24, 2.45) is 0 Å². The number of nitrogens with zero attached hydrogens (tertiary/aromatic N) is 2. The highest BCUT2D eigenvalue weighted by Crippen LogP contribution is 2.32. The Kier molecular flexibility index (Phi) is 6.63. The van der Waals surface area contributed by atoms with Crippen LogP contribution in [0.2, 0.25) is 5.02 Å². The van der Waals surface area contributed by atoms with Crippen molar-refractivity contribution in [3.8, 4) is 0 Å². The van der Waals surface area contributed by atoms with Crippen LogP contribution >= 0.6 is 11.6 Å². The van der Waals surface area contributed by atoms with Gasteiger partial charge in [0.2, 0.25) is 0 Å². The lowest BCUT2D eigenvalue weighted by Gasteiger charge is -2.42. The van der Waals surface area contributed by atoms with Gasteiger partial charge in [-0.25, -0.2) is 4.39 Å². The van der Waals surface area contributed by atoms with Gasteiger partial charge in [0.05, 0.1) is 6.04 Å². The van der Waals surface area contributed by atoms with Crippen LogP contribution in [0.5, 0.6) is 0 Å². The van der Waals surface area contributed by atoms with E-state index in [-0.39, 0.29) is 11.9 Å². The number of hydrogen-bond acceptors (Lipinski definition) is 3. The zero-order chi connectivity index (χ0) is 16.1. The molecule has 5 heteroatoms. The first kappa shape index (κ1) is 17.7. The van der Waals surface area contributed by atoms with Crippen molar-refractivity contribution < 1.29 is 4.39 Å². The van der Waals surface area contributed by atoms with Crippen LogP contribution in [-0.4, -0.2) is 55.1 Å². The Morgan fingerprint density at radius 3 is 2.73 bits per heavy atom. The average molecular weight is 328 g/mol. The summed E-state index contributed by atoms with van der Waals surface area (Å²) in [4.78, 5) is 4.72. The van der Waals surface area contributed by atoms with Crippen molar-refractivity contribution >= 4 is 11.6 Å². The summed E-state index contributed by atoms with van der Waals surface area (Å²) in [6, 6.07) is 5.35. The maximum atomic E-state index is 14.5. The lowest BCUT2D eigenvalue weighted by Crippen LogP contribution is -2.53. The van der Waals surface area contributed by atoms with Crippen molar-refractivity contribution in [1.29, 1.82) is 0 Å². The van der Waals surface area contributed by atoms with E-state index in [1.807, 2.05) is 0 Å². The minimum Gasteiger partial charge on any atom is -0.314 e. The van der Waals surface area contributed by atoms with E-state index in [0.29, 0.717) is 16.6 Å². The van der Waals surface area contributed by atoms with Gasteiger partial charge in [-0.2, -0.15) is 0 Å². The van der Waals surface area contributed by atoms with Crippen LogP contribution < -0.4 is 5.32 Å². The Labute approximate surface area is 138 Å². The number of likely N-dealkylation sites (N-methyl/N-ethyl adjacent to an activating group) is 1. The fourth-order valence-corrected chi connectivity index (χ4v) is 3.53. The zero-order valence-electron chi connectivity index (χ0n) is 13.8. The molecule has 0 aromatic heterocycles. The summed E-state index contributed by atoms with van der Waals surface area (Å²) in [6.45, 7) is 12.0. The van der Waals surface area contributed by atoms with Gasteiger partial charge in [-0.1, -0.05) is 31.5 Å². The number of piperazine rings is 1. The number of halogens is 2. The SMILES string of the molecule is CCN(CC)CC(c1c(F)cccc1Cl)N1CCNCC1C. The van der Waals surface area contributed by atoms with Gasteiger partial charge in [0.25, 0.3) is 0 Å². The van der Waals surface area contributed by atoms with Crippen LogP contribution in [0.4, 0.5) is 4.39 Å². The molecule has 1 aliphatic rings. The number of nitrogens with one attached hydrogen (secondary N) is 1. The maximum absolute atomic E-state index is 14.5. The van der Waals surface area contributed by atoms with Crippen molar-refractivity contribution in [2.75, 3.05) is 39.3 Å². The van der Waals surface area contributed by atoms with Crippen LogP contribution in [-0.2, 0) is 0 Å². The summed E-state index contributed by atoms with van der Waals surface area (Å²) in [5.74, 6) is -0.199. The Balaban J connectivity index is 2.36. The Morgan fingerprint density at radius 2 is 2.14 bits per heavy atom. The molecule has 2 rings (SSSR count). The predicted molar refractivity (Wildman–Crippen MR) is 91.0 cm³/mol. The van der Waals surface area contributed by atoms with E-state index in [1.165, 1.54) is 6.07 Å². The summed E-state index contributed by atoms with van der Waals surface area (Å²) in [7, 11) is 0. The molecule has 1 N–H and O–H groups in total. The average Bonchev–Trinajstić information content (AvgIpc) is 2.51. The topological polar surface area (TPSA) is 18.5 Å². The molecule has 1 heterocycles. The highest BCUT2D eigenvalue weighted by atomic mass is 35.5. The molecule has 3 nitrogen and oxygen atoms in total. The van der Waals surface area contributed by atoms with E-state index < -0.39 is 0 Å². The summed E-state index contributed by atoms with van der Waals surface area (Å²) in [5.41, 5.74) is 0.643. The highest BCUT2D eigenvalue weighted by Gasteiger charge is 2.31. The summed E-state index contributed by atoms with van der Waals surface area (Å²) in [6.07, 6.45) is 0. The van der Waals surface area contributed by atoms with Gasteiger partial charge in [0.15, 0.2) is 0 Å². The van der Waals surface area contributed by atoms with Gasteiger partial charge in [0.1, 0.15) is 5.82 Å². The second-order valence-electron chi connectivity index (χ2n) is 5.93. The molecule has 1 aliphatic heterocycles. The van der Waals surface area contributed by atoms with E-state index in [4.69, 9.17) is 11.6 Å². The minimum atomic E-state index is -0.199. The third-order valence-corrected chi connectivity index (χ3v) is 4.94. The molecule has 0 radical (unpaired) electrons. The monoisotopic (exact) mass is 327 g/mol. The van der Waals surface area contributed by atoms with E-state index in [1.54, 1.807) is 12.1 Å². The summed E-state index contributed by atoms with van der Waals surface area (Å²) < 4.78 is 14.5. The third kappa shape index (κ3) is 3.99. The summed E-state index contributed by atoms with van der Waals surface area (Å²) >= 11 is 6.36. The molecule has 1 aromatic rings. The molecule has 0 aliphatic carbocycles. The van der Waals surface area contributed by atoms with E-state index >= 15 is 0 Å². The molecule has 1 saturated heterocycles. The molecular weight excluding hydrogens is 301 g/mol. The first-order valence-electron chi connectivity index (χ1n) is 8.21. The van der Waals surface area contributed by atoms with Crippen molar-refractivity contribution in [2.45, 2.75) is 32.9 Å². The second-order valence-corrected chi connectivity index (χ2v) is 6.34. The third-order valence-electron chi connectivity index (χ3n) is 4.61. The van der Waals surface area contributed by atoms with Gasteiger partial charge in [-0.3, -0.25) is 4.90 Å². The van der Waals surface area contributed by atoms with Crippen molar-refractivity contribution in [3.05, 3.63) is 34.6 Å². The van der Waals surface area contributed by atoms with Crippen LogP contribution in [0.3, 0.4) is 0 Å². The molecule has 2 unspecified atom stereocenters. The Hall–Kier alpha value is -0.680. The number of benzene rings is 1. The van der Waals surface area contributed by atoms with Gasteiger partial charge in [0, 0.05) is 42.8 Å². The summed E-state index contributed by atoms with van der Waals surface area (Å²) in [5, 5.41) is 3.93. The molecule has 124 valence electrons. The smallest absolute Gasteiger partial charge is 0.129 e. The van der Waals surface area contributed by atoms with Gasteiger partial charge in [-0.15, -0.1) is 0 Å². The second kappa shape index (κ2) is 8.25. The molecule has 0 spiro atoms. The molecule has 0 bridgehead atoms. The largest absolute Gasteiger partial charge is 0.314 e. The lowest BCUT2D eigenvalue weighted by atomic mass is 10.0. The lowest BCUT2D eigenvalue weighted by molar-refractivity contribution is 0.0851. The molecule has 0 saturated carbocycles. The van der Waals surface area contributed by atoms with Crippen molar-refractivity contribution in [1.82, 2.24) is 15.1 Å². The fourth-order valence-electron chi connectivity index (χ4n) is 3.24. The minimum absolute atomic E-state index is 0.00861. The van der Waals surface area contributed by atoms with Gasteiger partial charge >= 0.3 is 0 Å². The van der Waals surface area contributed by atoms with Crippen LogP contribution in [0, 0.1) is 5.82 Å². The molecule has 1 fully saturated rings. The van der Waals surface area contributed by atoms with Crippen LogP contribution in [0.25, 0.3) is 0 Å². The fraction of sp³-hybridized carbons (Fsp3) is 0.647. The molecule has 22 heavy (non-hydrogen) atoms. The van der Waals surface area contributed by atoms with Gasteiger partial charge in [-0.05, 0) is 32.1 Å².